The van der Waals surface area contributed by atoms with E-state index in [0.717, 1.165) is 30.0 Å². The highest BCUT2D eigenvalue weighted by molar-refractivity contribution is 5.80. The van der Waals surface area contributed by atoms with Crippen LogP contribution in [0, 0.1) is 0 Å². The lowest BCUT2D eigenvalue weighted by Gasteiger charge is -2.13. The van der Waals surface area contributed by atoms with Crippen LogP contribution in [0.2, 0.25) is 0 Å². The quantitative estimate of drug-likeness (QED) is 0.454. The summed E-state index contributed by atoms with van der Waals surface area (Å²) in [4.78, 5) is 12.0. The van der Waals surface area contributed by atoms with Crippen LogP contribution in [-0.4, -0.2) is 19.6 Å². The third-order valence-corrected chi connectivity index (χ3v) is 3.96. The monoisotopic (exact) mass is 329 g/mol. The number of nitrogens with one attached hydrogen (secondary N) is 3. The molecule has 1 aromatic rings. The minimum Gasteiger partial charge on any atom is -0.497 e. The van der Waals surface area contributed by atoms with Gasteiger partial charge in [0.15, 0.2) is 0 Å². The molecular weight excluding hydrogens is 302 g/mol. The van der Waals surface area contributed by atoms with Gasteiger partial charge in [0, 0.05) is 5.69 Å². The summed E-state index contributed by atoms with van der Waals surface area (Å²) < 4.78 is 5.11. The molecule has 5 heteroatoms. The third-order valence-electron chi connectivity index (χ3n) is 3.96. The molecule has 1 amide bonds. The van der Waals surface area contributed by atoms with Gasteiger partial charge < -0.3 is 10.1 Å². The van der Waals surface area contributed by atoms with Crippen molar-refractivity contribution in [1.29, 1.82) is 0 Å². The van der Waals surface area contributed by atoms with Crippen molar-refractivity contribution in [3.05, 3.63) is 47.7 Å². The van der Waals surface area contributed by atoms with Gasteiger partial charge in [0.25, 0.3) is 5.91 Å². The van der Waals surface area contributed by atoms with E-state index in [9.17, 15) is 4.79 Å². The molecule has 0 atom stereocenters. The van der Waals surface area contributed by atoms with Crippen molar-refractivity contribution in [3.63, 3.8) is 0 Å². The first-order valence-electron chi connectivity index (χ1n) is 8.55. The number of carbonyl (C=O) groups excluding carboxylic acids is 1. The van der Waals surface area contributed by atoms with Gasteiger partial charge in [-0.15, -0.1) is 0 Å². The number of hydrogen-bond donors (Lipinski definition) is 3. The molecule has 0 aliphatic heterocycles. The predicted molar refractivity (Wildman–Crippen MR) is 97.7 cm³/mol. The van der Waals surface area contributed by atoms with Gasteiger partial charge in [-0.25, -0.2) is 0 Å². The lowest BCUT2D eigenvalue weighted by Crippen LogP contribution is -2.40. The molecule has 0 heterocycles. The lowest BCUT2D eigenvalue weighted by atomic mass is 10.1. The van der Waals surface area contributed by atoms with Crippen LogP contribution in [0.15, 0.2) is 47.7 Å². The SMILES string of the molecule is CCCCCC1=CCC=C1NNC(=O)CNc1ccc(OC)cc1. The first-order valence-corrected chi connectivity index (χ1v) is 8.55. The maximum atomic E-state index is 12.0. The fourth-order valence-corrected chi connectivity index (χ4v) is 2.57. The Kier molecular flexibility index (Phi) is 7.21. The summed E-state index contributed by atoms with van der Waals surface area (Å²) >= 11 is 0. The molecule has 3 N–H and O–H groups in total. The second-order valence-corrected chi connectivity index (χ2v) is 5.80. The number of hydrogen-bond acceptors (Lipinski definition) is 4. The topological polar surface area (TPSA) is 62.4 Å². The Morgan fingerprint density at radius 2 is 1.96 bits per heavy atom. The van der Waals surface area contributed by atoms with Crippen LogP contribution in [0.3, 0.4) is 0 Å². The molecule has 0 spiro atoms. The highest BCUT2D eigenvalue weighted by Crippen LogP contribution is 2.22. The van der Waals surface area contributed by atoms with Gasteiger partial charge in [0.05, 0.1) is 19.4 Å². The number of hydrazine groups is 1. The zero-order chi connectivity index (χ0) is 17.2. The molecule has 5 nitrogen and oxygen atoms in total. The fraction of sp³-hybridized carbons (Fsp3) is 0.421. The summed E-state index contributed by atoms with van der Waals surface area (Å²) in [5.74, 6) is 0.689. The van der Waals surface area contributed by atoms with Crippen molar-refractivity contribution >= 4 is 11.6 Å². The molecule has 130 valence electrons. The zero-order valence-electron chi connectivity index (χ0n) is 14.5. The standard InChI is InChI=1S/C19H27N3O2/c1-3-4-5-7-15-8-6-9-18(15)21-22-19(23)14-20-16-10-12-17(24-2)13-11-16/h8-13,20-21H,3-7,14H2,1-2H3,(H,22,23). The number of anilines is 1. The summed E-state index contributed by atoms with van der Waals surface area (Å²) in [5, 5.41) is 3.08. The number of methoxy groups -OCH3 is 1. The third kappa shape index (κ3) is 5.65. The summed E-state index contributed by atoms with van der Waals surface area (Å²) in [5.41, 5.74) is 9.01. The van der Waals surface area contributed by atoms with E-state index in [1.54, 1.807) is 7.11 Å². The number of unbranched alkanes of at least 4 members (excludes halogenated alkanes) is 2. The van der Waals surface area contributed by atoms with E-state index < -0.39 is 0 Å². The number of allylic oxidation sites excluding steroid dienone is 3. The summed E-state index contributed by atoms with van der Waals surface area (Å²) in [7, 11) is 1.63. The summed E-state index contributed by atoms with van der Waals surface area (Å²) in [6.07, 6.45) is 9.97. The second kappa shape index (κ2) is 9.65. The van der Waals surface area contributed by atoms with E-state index in [1.807, 2.05) is 24.3 Å². The van der Waals surface area contributed by atoms with E-state index in [1.165, 1.54) is 24.8 Å². The molecule has 0 unspecified atom stereocenters. The van der Waals surface area contributed by atoms with Gasteiger partial charge in [-0.05, 0) is 49.1 Å². The number of carbonyl (C=O) groups is 1. The van der Waals surface area contributed by atoms with Gasteiger partial charge in [-0.1, -0.05) is 31.9 Å². The van der Waals surface area contributed by atoms with Gasteiger partial charge in [0.2, 0.25) is 0 Å². The average molecular weight is 329 g/mol. The highest BCUT2D eigenvalue weighted by atomic mass is 16.5. The maximum Gasteiger partial charge on any atom is 0.257 e. The highest BCUT2D eigenvalue weighted by Gasteiger charge is 2.10. The van der Waals surface area contributed by atoms with Crippen molar-refractivity contribution in [2.24, 2.45) is 0 Å². The normalized spacial score (nSPS) is 13.1. The Morgan fingerprint density at radius 3 is 2.67 bits per heavy atom. The first kappa shape index (κ1) is 17.9. The first-order chi connectivity index (χ1) is 11.7. The van der Waals surface area contributed by atoms with Crippen LogP contribution in [0.25, 0.3) is 0 Å². The zero-order valence-corrected chi connectivity index (χ0v) is 14.5. The van der Waals surface area contributed by atoms with Crippen molar-refractivity contribution in [2.45, 2.75) is 39.0 Å². The van der Waals surface area contributed by atoms with Crippen LogP contribution in [0.5, 0.6) is 5.75 Å². The molecule has 0 aromatic heterocycles. The van der Waals surface area contributed by atoms with Gasteiger partial charge in [-0.3, -0.25) is 15.6 Å². The Bertz CT molecular complexity index is 591. The Labute approximate surface area is 144 Å². The molecule has 0 fully saturated rings. The van der Waals surface area contributed by atoms with Gasteiger partial charge >= 0.3 is 0 Å². The van der Waals surface area contributed by atoms with E-state index >= 15 is 0 Å². The molecule has 0 saturated heterocycles. The smallest absolute Gasteiger partial charge is 0.257 e. The van der Waals surface area contributed by atoms with Crippen molar-refractivity contribution in [2.75, 3.05) is 19.0 Å². The van der Waals surface area contributed by atoms with Crippen LogP contribution in [0.1, 0.15) is 39.0 Å². The van der Waals surface area contributed by atoms with Crippen molar-refractivity contribution in [1.82, 2.24) is 10.9 Å². The average Bonchev–Trinajstić information content (AvgIpc) is 3.06. The molecule has 2 rings (SSSR count). The van der Waals surface area contributed by atoms with E-state index in [2.05, 4.69) is 35.2 Å². The number of rotatable bonds is 10. The Morgan fingerprint density at radius 1 is 1.17 bits per heavy atom. The summed E-state index contributed by atoms with van der Waals surface area (Å²) in [6, 6.07) is 7.48. The molecular formula is C19H27N3O2. The number of ether oxygens (including phenoxy) is 1. The van der Waals surface area contributed by atoms with E-state index in [0.29, 0.717) is 0 Å². The molecule has 0 bridgehead atoms. The lowest BCUT2D eigenvalue weighted by molar-refractivity contribution is -0.120. The summed E-state index contributed by atoms with van der Waals surface area (Å²) in [6.45, 7) is 2.41. The predicted octanol–water partition coefficient (Wildman–Crippen LogP) is 3.52. The number of amides is 1. The fourth-order valence-electron chi connectivity index (χ4n) is 2.57. The Balaban J connectivity index is 1.69. The van der Waals surface area contributed by atoms with Crippen molar-refractivity contribution < 1.29 is 9.53 Å². The van der Waals surface area contributed by atoms with E-state index in [4.69, 9.17) is 4.74 Å². The maximum absolute atomic E-state index is 12.0. The van der Waals surface area contributed by atoms with Crippen LogP contribution < -0.4 is 20.9 Å². The van der Waals surface area contributed by atoms with Crippen LogP contribution in [0.4, 0.5) is 5.69 Å². The Hall–Kier alpha value is -2.43. The molecule has 24 heavy (non-hydrogen) atoms. The molecule has 1 aromatic carbocycles. The van der Waals surface area contributed by atoms with E-state index in [-0.39, 0.29) is 12.5 Å². The molecule has 0 saturated carbocycles. The van der Waals surface area contributed by atoms with Crippen LogP contribution in [-0.2, 0) is 4.79 Å². The minimum absolute atomic E-state index is 0.105. The minimum atomic E-state index is -0.105. The molecule has 1 aliphatic carbocycles. The van der Waals surface area contributed by atoms with Crippen LogP contribution >= 0.6 is 0 Å². The number of benzene rings is 1. The van der Waals surface area contributed by atoms with Gasteiger partial charge in [0.1, 0.15) is 5.75 Å². The molecule has 0 radical (unpaired) electrons. The van der Waals surface area contributed by atoms with Gasteiger partial charge in [-0.2, -0.15) is 0 Å². The largest absolute Gasteiger partial charge is 0.497 e. The molecule has 1 aliphatic rings. The van der Waals surface area contributed by atoms with Crippen molar-refractivity contribution in [3.8, 4) is 5.75 Å². The second-order valence-electron chi connectivity index (χ2n) is 5.80.